The molecule has 0 fully saturated rings. The van der Waals surface area contributed by atoms with Crippen LogP contribution in [0, 0.1) is 0 Å². The van der Waals surface area contributed by atoms with E-state index in [2.05, 4.69) is 4.90 Å². The van der Waals surface area contributed by atoms with Gasteiger partial charge in [0.15, 0.2) is 0 Å². The van der Waals surface area contributed by atoms with E-state index in [0.717, 1.165) is 4.34 Å². The molecule has 1 atom stereocenters. The van der Waals surface area contributed by atoms with Crippen molar-refractivity contribution in [3.8, 4) is 0 Å². The number of rotatable bonds is 3. The molecule has 1 rings (SSSR count). The second-order valence-electron chi connectivity index (χ2n) is 2.86. The van der Waals surface area contributed by atoms with Crippen LogP contribution in [0.15, 0.2) is 12.1 Å². The van der Waals surface area contributed by atoms with Gasteiger partial charge >= 0.3 is 0 Å². The third-order valence-electron chi connectivity index (χ3n) is 1.77. The van der Waals surface area contributed by atoms with E-state index < -0.39 is 0 Å². The highest BCUT2D eigenvalue weighted by molar-refractivity contribution is 7.16. The van der Waals surface area contributed by atoms with Crippen molar-refractivity contribution in [2.24, 2.45) is 5.73 Å². The van der Waals surface area contributed by atoms with Crippen LogP contribution in [0.4, 0.5) is 0 Å². The van der Waals surface area contributed by atoms with Crippen molar-refractivity contribution in [1.29, 1.82) is 0 Å². The van der Waals surface area contributed by atoms with Crippen LogP contribution in [0.3, 0.4) is 0 Å². The number of halogens is 1. The summed E-state index contributed by atoms with van der Waals surface area (Å²) in [5.74, 6) is 0. The van der Waals surface area contributed by atoms with Crippen molar-refractivity contribution in [2.75, 3.05) is 20.6 Å². The lowest BCUT2D eigenvalue weighted by Gasteiger charge is -2.20. The predicted molar refractivity (Wildman–Crippen MR) is 54.8 cm³/mol. The Kier molecular flexibility index (Phi) is 3.53. The Balaban J connectivity index is 2.80. The van der Waals surface area contributed by atoms with E-state index in [1.54, 1.807) is 11.3 Å². The van der Waals surface area contributed by atoms with Crippen LogP contribution >= 0.6 is 22.9 Å². The summed E-state index contributed by atoms with van der Waals surface area (Å²) in [6.07, 6.45) is 0. The van der Waals surface area contributed by atoms with Gasteiger partial charge in [0.1, 0.15) is 0 Å². The molecule has 1 aromatic heterocycles. The molecule has 0 aromatic carbocycles. The minimum atomic E-state index is 0.294. The standard InChI is InChI=1S/C8H13ClN2S/c1-11(2)6(5-10)7-3-4-8(9)12-7/h3-4,6H,5,10H2,1-2H3. The number of hydrogen-bond donors (Lipinski definition) is 1. The molecule has 0 saturated carbocycles. The smallest absolute Gasteiger partial charge is 0.0931 e. The van der Waals surface area contributed by atoms with E-state index in [4.69, 9.17) is 17.3 Å². The Morgan fingerprint density at radius 2 is 2.25 bits per heavy atom. The summed E-state index contributed by atoms with van der Waals surface area (Å²) in [6, 6.07) is 4.24. The van der Waals surface area contributed by atoms with Crippen LogP contribution in [0.1, 0.15) is 10.9 Å². The van der Waals surface area contributed by atoms with Gasteiger partial charge in [-0.1, -0.05) is 11.6 Å². The first-order valence-corrected chi connectivity index (χ1v) is 4.96. The maximum absolute atomic E-state index is 5.83. The number of hydrogen-bond acceptors (Lipinski definition) is 3. The van der Waals surface area contributed by atoms with Crippen molar-refractivity contribution < 1.29 is 0 Å². The van der Waals surface area contributed by atoms with Gasteiger partial charge in [-0.2, -0.15) is 0 Å². The number of likely N-dealkylation sites (N-methyl/N-ethyl adjacent to an activating group) is 1. The maximum Gasteiger partial charge on any atom is 0.0931 e. The van der Waals surface area contributed by atoms with E-state index in [0.29, 0.717) is 12.6 Å². The quantitative estimate of drug-likeness (QED) is 0.816. The summed E-state index contributed by atoms with van der Waals surface area (Å²) in [7, 11) is 4.04. The molecule has 0 radical (unpaired) electrons. The molecule has 0 spiro atoms. The van der Waals surface area contributed by atoms with E-state index in [9.17, 15) is 0 Å². The molecule has 0 amide bonds. The van der Waals surface area contributed by atoms with Gasteiger partial charge in [0.25, 0.3) is 0 Å². The second-order valence-corrected chi connectivity index (χ2v) is 4.60. The normalized spacial score (nSPS) is 13.8. The fourth-order valence-electron chi connectivity index (χ4n) is 1.09. The Morgan fingerprint density at radius 3 is 2.58 bits per heavy atom. The molecule has 12 heavy (non-hydrogen) atoms. The van der Waals surface area contributed by atoms with E-state index >= 15 is 0 Å². The Hall–Kier alpha value is -0.0900. The molecular weight excluding hydrogens is 192 g/mol. The number of nitrogens with zero attached hydrogens (tertiary/aromatic N) is 1. The van der Waals surface area contributed by atoms with Crippen molar-refractivity contribution in [3.05, 3.63) is 21.3 Å². The molecule has 2 N–H and O–H groups in total. The largest absolute Gasteiger partial charge is 0.329 e. The molecule has 4 heteroatoms. The third kappa shape index (κ3) is 2.20. The first-order chi connectivity index (χ1) is 5.65. The average Bonchev–Trinajstić information content (AvgIpc) is 2.37. The highest BCUT2D eigenvalue weighted by atomic mass is 35.5. The third-order valence-corrected chi connectivity index (χ3v) is 3.10. The molecule has 1 aromatic rings. The number of thiophene rings is 1. The lowest BCUT2D eigenvalue weighted by Crippen LogP contribution is -2.26. The van der Waals surface area contributed by atoms with Gasteiger partial charge in [0.2, 0.25) is 0 Å². The molecule has 0 aliphatic carbocycles. The lowest BCUT2D eigenvalue weighted by molar-refractivity contribution is 0.310. The monoisotopic (exact) mass is 204 g/mol. The van der Waals surface area contributed by atoms with E-state index in [1.165, 1.54) is 4.88 Å². The van der Waals surface area contributed by atoms with Gasteiger partial charge in [0.05, 0.1) is 10.4 Å². The molecule has 2 nitrogen and oxygen atoms in total. The molecule has 0 aliphatic heterocycles. The molecule has 0 bridgehead atoms. The summed E-state index contributed by atoms with van der Waals surface area (Å²) in [6.45, 7) is 0.629. The topological polar surface area (TPSA) is 29.3 Å². The van der Waals surface area contributed by atoms with Crippen LogP contribution < -0.4 is 5.73 Å². The van der Waals surface area contributed by atoms with Gasteiger partial charge in [-0.3, -0.25) is 0 Å². The first-order valence-electron chi connectivity index (χ1n) is 3.77. The Labute approximate surface area is 81.9 Å². The van der Waals surface area contributed by atoms with Gasteiger partial charge in [0, 0.05) is 11.4 Å². The minimum Gasteiger partial charge on any atom is -0.329 e. The molecular formula is C8H13ClN2S. The average molecular weight is 205 g/mol. The van der Waals surface area contributed by atoms with Crippen LogP contribution in [0.5, 0.6) is 0 Å². The van der Waals surface area contributed by atoms with Crippen molar-refractivity contribution in [2.45, 2.75) is 6.04 Å². The van der Waals surface area contributed by atoms with E-state index in [1.807, 2.05) is 26.2 Å². The number of nitrogens with two attached hydrogens (primary N) is 1. The van der Waals surface area contributed by atoms with Crippen molar-refractivity contribution >= 4 is 22.9 Å². The summed E-state index contributed by atoms with van der Waals surface area (Å²) < 4.78 is 0.824. The van der Waals surface area contributed by atoms with Crippen molar-refractivity contribution in [3.63, 3.8) is 0 Å². The zero-order valence-corrected chi connectivity index (χ0v) is 8.82. The molecule has 68 valence electrons. The van der Waals surface area contributed by atoms with Crippen LogP contribution in [-0.4, -0.2) is 25.5 Å². The van der Waals surface area contributed by atoms with Gasteiger partial charge in [-0.15, -0.1) is 11.3 Å². The maximum atomic E-state index is 5.83. The van der Waals surface area contributed by atoms with Crippen LogP contribution in [0.25, 0.3) is 0 Å². The van der Waals surface area contributed by atoms with Gasteiger partial charge in [-0.25, -0.2) is 0 Å². The molecule has 0 aliphatic rings. The zero-order chi connectivity index (χ0) is 9.14. The SMILES string of the molecule is CN(C)C(CN)c1ccc(Cl)s1. The molecule has 1 heterocycles. The molecule has 1 unspecified atom stereocenters. The summed E-state index contributed by atoms with van der Waals surface area (Å²) >= 11 is 7.42. The van der Waals surface area contributed by atoms with E-state index in [-0.39, 0.29) is 0 Å². The Morgan fingerprint density at radius 1 is 1.58 bits per heavy atom. The van der Waals surface area contributed by atoms with Gasteiger partial charge < -0.3 is 10.6 Å². The second kappa shape index (κ2) is 4.23. The fraction of sp³-hybridized carbons (Fsp3) is 0.500. The predicted octanol–water partition coefficient (Wildman–Crippen LogP) is 1.96. The van der Waals surface area contributed by atoms with Gasteiger partial charge in [-0.05, 0) is 26.2 Å². The minimum absolute atomic E-state index is 0.294. The highest BCUT2D eigenvalue weighted by Gasteiger charge is 2.13. The fourth-order valence-corrected chi connectivity index (χ4v) is 2.36. The van der Waals surface area contributed by atoms with Crippen LogP contribution in [0.2, 0.25) is 4.34 Å². The highest BCUT2D eigenvalue weighted by Crippen LogP contribution is 2.28. The van der Waals surface area contributed by atoms with Crippen molar-refractivity contribution in [1.82, 2.24) is 4.90 Å². The summed E-state index contributed by atoms with van der Waals surface area (Å²) in [5.41, 5.74) is 5.64. The zero-order valence-electron chi connectivity index (χ0n) is 7.25. The first kappa shape index (κ1) is 9.99. The Bertz CT molecular complexity index is 247. The summed E-state index contributed by atoms with van der Waals surface area (Å²) in [4.78, 5) is 3.33. The summed E-state index contributed by atoms with van der Waals surface area (Å²) in [5, 5.41) is 0. The lowest BCUT2D eigenvalue weighted by atomic mass is 10.2. The molecule has 0 saturated heterocycles. The van der Waals surface area contributed by atoms with Crippen LogP contribution in [-0.2, 0) is 0 Å².